The molecule has 0 radical (unpaired) electrons. The molecule has 1 fully saturated rings. The van der Waals surface area contributed by atoms with Crippen LogP contribution in [0.15, 0.2) is 11.2 Å². The summed E-state index contributed by atoms with van der Waals surface area (Å²) in [6.45, 7) is 1.54. The number of ether oxygens (including phenoxy) is 1. The molecule has 1 aromatic heterocycles. The van der Waals surface area contributed by atoms with Crippen LogP contribution in [0, 0.1) is 11.3 Å². The van der Waals surface area contributed by atoms with Crippen LogP contribution in [0.25, 0.3) is 0 Å². The minimum atomic E-state index is -0.199. The highest BCUT2D eigenvalue weighted by atomic mass is 16.5. The Balaban J connectivity index is 1.88. The van der Waals surface area contributed by atoms with Crippen molar-refractivity contribution < 1.29 is 4.74 Å². The molecule has 1 unspecified atom stereocenters. The molecule has 0 aromatic carbocycles. The van der Waals surface area contributed by atoms with Gasteiger partial charge in [0.25, 0.3) is 0 Å². The molecule has 1 atom stereocenters. The van der Waals surface area contributed by atoms with E-state index in [0.717, 1.165) is 43.3 Å². The van der Waals surface area contributed by atoms with E-state index >= 15 is 0 Å². The molecule has 7 heteroatoms. The van der Waals surface area contributed by atoms with E-state index in [9.17, 15) is 5.26 Å². The zero-order valence-electron chi connectivity index (χ0n) is 11.4. The number of hydrogen-bond acceptors (Lipinski definition) is 6. The van der Waals surface area contributed by atoms with E-state index in [-0.39, 0.29) is 6.29 Å². The molecule has 7 nitrogen and oxygen atoms in total. The average molecular weight is 274 g/mol. The highest BCUT2D eigenvalue weighted by Gasteiger charge is 2.26. The van der Waals surface area contributed by atoms with Gasteiger partial charge in [-0.25, -0.2) is 4.99 Å². The second kappa shape index (κ2) is 5.53. The SMILES string of the molecule is CNC1N=C(NC2CCOCC2)c2c(C#N)c[nH]c2N1. The van der Waals surface area contributed by atoms with E-state index in [2.05, 4.69) is 32.0 Å². The summed E-state index contributed by atoms with van der Waals surface area (Å²) < 4.78 is 5.37. The number of nitrogens with one attached hydrogen (secondary N) is 4. The average Bonchev–Trinajstić information content (AvgIpc) is 2.91. The Labute approximate surface area is 117 Å². The third-order valence-electron chi connectivity index (χ3n) is 3.61. The van der Waals surface area contributed by atoms with Crippen LogP contribution in [0.1, 0.15) is 24.0 Å². The zero-order chi connectivity index (χ0) is 13.9. The second-order valence-electron chi connectivity index (χ2n) is 4.91. The van der Waals surface area contributed by atoms with Crippen molar-refractivity contribution in [2.45, 2.75) is 25.2 Å². The van der Waals surface area contributed by atoms with Gasteiger partial charge in [0.05, 0.1) is 11.1 Å². The molecule has 0 bridgehead atoms. The maximum Gasteiger partial charge on any atom is 0.176 e. The Morgan fingerprint density at radius 2 is 2.25 bits per heavy atom. The summed E-state index contributed by atoms with van der Waals surface area (Å²) >= 11 is 0. The molecule has 0 aliphatic carbocycles. The van der Waals surface area contributed by atoms with Gasteiger partial charge in [-0.3, -0.25) is 5.32 Å². The number of H-pyrrole nitrogens is 1. The Morgan fingerprint density at radius 1 is 1.45 bits per heavy atom. The lowest BCUT2D eigenvalue weighted by Crippen LogP contribution is -2.44. The Morgan fingerprint density at radius 3 is 2.95 bits per heavy atom. The summed E-state index contributed by atoms with van der Waals surface area (Å²) in [7, 11) is 1.84. The molecule has 1 saturated heterocycles. The second-order valence-corrected chi connectivity index (χ2v) is 4.91. The minimum Gasteiger partial charge on any atom is -0.381 e. The summed E-state index contributed by atoms with van der Waals surface area (Å²) in [6.07, 6.45) is 3.42. The third kappa shape index (κ3) is 2.35. The van der Waals surface area contributed by atoms with Gasteiger partial charge in [-0.2, -0.15) is 5.26 Å². The smallest absolute Gasteiger partial charge is 0.176 e. The van der Waals surface area contributed by atoms with E-state index < -0.39 is 0 Å². The number of rotatable bonds is 2. The van der Waals surface area contributed by atoms with E-state index in [1.54, 1.807) is 6.20 Å². The van der Waals surface area contributed by atoms with Gasteiger partial charge in [0.1, 0.15) is 17.7 Å². The molecule has 20 heavy (non-hydrogen) atoms. The highest BCUT2D eigenvalue weighted by molar-refractivity contribution is 6.06. The first-order chi connectivity index (χ1) is 9.81. The molecule has 2 aliphatic heterocycles. The van der Waals surface area contributed by atoms with Gasteiger partial charge in [0.2, 0.25) is 0 Å². The monoisotopic (exact) mass is 274 g/mol. The van der Waals surface area contributed by atoms with E-state index in [4.69, 9.17) is 4.74 Å². The molecule has 0 saturated carbocycles. The van der Waals surface area contributed by atoms with Crippen molar-refractivity contribution in [3.63, 3.8) is 0 Å². The van der Waals surface area contributed by atoms with Crippen molar-refractivity contribution >= 4 is 11.7 Å². The summed E-state index contributed by atoms with van der Waals surface area (Å²) in [6, 6.07) is 2.54. The van der Waals surface area contributed by atoms with Gasteiger partial charge in [0, 0.05) is 25.5 Å². The Hall–Kier alpha value is -2.04. The van der Waals surface area contributed by atoms with Gasteiger partial charge in [-0.15, -0.1) is 0 Å². The summed E-state index contributed by atoms with van der Waals surface area (Å²) in [4.78, 5) is 7.68. The number of nitriles is 1. The lowest BCUT2D eigenvalue weighted by Gasteiger charge is -2.28. The number of aliphatic imine (C=N–C) groups is 1. The molecule has 0 amide bonds. The molecule has 1 aromatic rings. The first-order valence-electron chi connectivity index (χ1n) is 6.79. The van der Waals surface area contributed by atoms with Crippen molar-refractivity contribution in [3.05, 3.63) is 17.3 Å². The summed E-state index contributed by atoms with van der Waals surface area (Å²) in [5.74, 6) is 1.59. The first kappa shape index (κ1) is 13.0. The van der Waals surface area contributed by atoms with E-state index in [1.165, 1.54) is 0 Å². The minimum absolute atomic E-state index is 0.199. The lowest BCUT2D eigenvalue weighted by atomic mass is 10.1. The Bertz CT molecular complexity index is 552. The highest BCUT2D eigenvalue weighted by Crippen LogP contribution is 2.24. The van der Waals surface area contributed by atoms with Crippen LogP contribution in [-0.4, -0.2) is 43.4 Å². The number of hydrogen-bond donors (Lipinski definition) is 4. The van der Waals surface area contributed by atoms with Crippen molar-refractivity contribution in [1.82, 2.24) is 15.6 Å². The molecule has 3 heterocycles. The number of anilines is 1. The molecule has 2 aliphatic rings. The van der Waals surface area contributed by atoms with Gasteiger partial charge >= 0.3 is 0 Å². The number of nitrogens with zero attached hydrogens (tertiary/aromatic N) is 2. The van der Waals surface area contributed by atoms with Crippen LogP contribution in [0.3, 0.4) is 0 Å². The predicted molar refractivity (Wildman–Crippen MR) is 75.5 cm³/mol. The van der Waals surface area contributed by atoms with Crippen LogP contribution in [-0.2, 0) is 4.74 Å². The molecule has 4 N–H and O–H groups in total. The van der Waals surface area contributed by atoms with Gasteiger partial charge in [-0.05, 0) is 19.9 Å². The number of aromatic nitrogens is 1. The molecular weight excluding hydrogens is 256 g/mol. The Kier molecular flexibility index (Phi) is 3.58. The summed E-state index contributed by atoms with van der Waals surface area (Å²) in [5.41, 5.74) is 1.42. The van der Waals surface area contributed by atoms with E-state index in [1.807, 2.05) is 7.05 Å². The number of fused-ring (bicyclic) bond motifs is 1. The topological polar surface area (TPSA) is 97.3 Å². The number of amidine groups is 1. The largest absolute Gasteiger partial charge is 0.381 e. The van der Waals surface area contributed by atoms with Gasteiger partial charge in [0.15, 0.2) is 6.29 Å². The maximum absolute atomic E-state index is 9.21. The fourth-order valence-corrected chi connectivity index (χ4v) is 2.52. The third-order valence-corrected chi connectivity index (χ3v) is 3.61. The maximum atomic E-state index is 9.21. The van der Waals surface area contributed by atoms with Crippen molar-refractivity contribution in [2.75, 3.05) is 25.6 Å². The lowest BCUT2D eigenvalue weighted by molar-refractivity contribution is 0.0824. The normalized spacial score (nSPS) is 22.4. The predicted octanol–water partition coefficient (Wildman–Crippen LogP) is 0.330. The quantitative estimate of drug-likeness (QED) is 0.623. The van der Waals surface area contributed by atoms with E-state index in [0.29, 0.717) is 11.6 Å². The number of aromatic amines is 1. The van der Waals surface area contributed by atoms with Gasteiger partial charge < -0.3 is 20.4 Å². The van der Waals surface area contributed by atoms with Crippen LogP contribution in [0.5, 0.6) is 0 Å². The fraction of sp³-hybridized carbons (Fsp3) is 0.538. The van der Waals surface area contributed by atoms with Gasteiger partial charge in [-0.1, -0.05) is 0 Å². The van der Waals surface area contributed by atoms with Crippen molar-refractivity contribution in [2.24, 2.45) is 4.99 Å². The molecule has 3 rings (SSSR count). The van der Waals surface area contributed by atoms with Crippen LogP contribution < -0.4 is 16.0 Å². The molecular formula is C13H18N6O. The molecule has 0 spiro atoms. The van der Waals surface area contributed by atoms with Crippen LogP contribution in [0.4, 0.5) is 5.82 Å². The van der Waals surface area contributed by atoms with Crippen LogP contribution >= 0.6 is 0 Å². The van der Waals surface area contributed by atoms with Crippen LogP contribution in [0.2, 0.25) is 0 Å². The standard InChI is InChI=1S/C13H18N6O/c1-15-13-18-11-10(8(6-14)7-16-11)12(19-13)17-9-2-4-20-5-3-9/h7,9,13,15-16,18H,2-5H2,1H3,(H,17,19). The van der Waals surface area contributed by atoms with Crippen molar-refractivity contribution in [3.8, 4) is 6.07 Å². The zero-order valence-corrected chi connectivity index (χ0v) is 11.4. The molecule has 106 valence electrons. The fourth-order valence-electron chi connectivity index (χ4n) is 2.52. The van der Waals surface area contributed by atoms with Crippen molar-refractivity contribution in [1.29, 1.82) is 5.26 Å². The first-order valence-corrected chi connectivity index (χ1v) is 6.79. The summed E-state index contributed by atoms with van der Waals surface area (Å²) in [5, 5.41) is 18.9.